The van der Waals surface area contributed by atoms with Gasteiger partial charge in [-0.3, -0.25) is 4.98 Å². The fourth-order valence-corrected chi connectivity index (χ4v) is 2.27. The molecular weight excluding hydrogens is 250 g/mol. The number of anilines is 1. The molecule has 0 spiro atoms. The molecule has 4 nitrogen and oxygen atoms in total. The van der Waals surface area contributed by atoms with E-state index in [-0.39, 0.29) is 0 Å². The number of benzene rings is 1. The average Bonchev–Trinajstić information content (AvgIpc) is 2.48. The highest BCUT2D eigenvalue weighted by Crippen LogP contribution is 2.25. The molecule has 100 valence electrons. The molecule has 0 aliphatic rings. The van der Waals surface area contributed by atoms with Gasteiger partial charge in [-0.25, -0.2) is 4.98 Å². The Morgan fingerprint density at radius 3 is 2.85 bits per heavy atom. The van der Waals surface area contributed by atoms with Gasteiger partial charge < -0.3 is 10.5 Å². The molecule has 3 rings (SSSR count). The van der Waals surface area contributed by atoms with Crippen LogP contribution >= 0.6 is 0 Å². The van der Waals surface area contributed by atoms with Gasteiger partial charge in [0.1, 0.15) is 11.6 Å². The lowest BCUT2D eigenvalue weighted by Gasteiger charge is -2.10. The number of methoxy groups -OCH3 is 1. The zero-order valence-electron chi connectivity index (χ0n) is 11.2. The third-order valence-electron chi connectivity index (χ3n) is 3.31. The maximum atomic E-state index is 6.05. The van der Waals surface area contributed by atoms with E-state index >= 15 is 0 Å². The van der Waals surface area contributed by atoms with E-state index < -0.39 is 0 Å². The molecule has 0 aliphatic heterocycles. The van der Waals surface area contributed by atoms with Crippen molar-refractivity contribution >= 4 is 16.7 Å². The molecule has 0 bridgehead atoms. The molecule has 20 heavy (non-hydrogen) atoms. The minimum Gasteiger partial charge on any atom is -0.496 e. The van der Waals surface area contributed by atoms with Gasteiger partial charge in [-0.2, -0.15) is 0 Å². The van der Waals surface area contributed by atoms with Crippen molar-refractivity contribution in [2.45, 2.75) is 6.42 Å². The third kappa shape index (κ3) is 2.28. The molecule has 0 radical (unpaired) electrons. The van der Waals surface area contributed by atoms with Crippen molar-refractivity contribution in [2.24, 2.45) is 0 Å². The van der Waals surface area contributed by atoms with Crippen LogP contribution < -0.4 is 10.5 Å². The van der Waals surface area contributed by atoms with Gasteiger partial charge in [-0.15, -0.1) is 0 Å². The molecule has 2 aromatic heterocycles. The van der Waals surface area contributed by atoms with Crippen LogP contribution in [0.4, 0.5) is 5.82 Å². The Morgan fingerprint density at radius 1 is 1.15 bits per heavy atom. The van der Waals surface area contributed by atoms with Crippen molar-refractivity contribution in [3.8, 4) is 5.75 Å². The summed E-state index contributed by atoms with van der Waals surface area (Å²) < 4.78 is 5.37. The van der Waals surface area contributed by atoms with Gasteiger partial charge in [0.15, 0.2) is 0 Å². The summed E-state index contributed by atoms with van der Waals surface area (Å²) in [6, 6.07) is 11.9. The van der Waals surface area contributed by atoms with Crippen LogP contribution in [0.25, 0.3) is 10.9 Å². The fourth-order valence-electron chi connectivity index (χ4n) is 2.27. The number of hydrogen-bond acceptors (Lipinski definition) is 4. The van der Waals surface area contributed by atoms with E-state index in [9.17, 15) is 0 Å². The maximum absolute atomic E-state index is 6.05. The molecule has 0 fully saturated rings. The largest absolute Gasteiger partial charge is 0.496 e. The Labute approximate surface area is 117 Å². The summed E-state index contributed by atoms with van der Waals surface area (Å²) in [5.74, 6) is 1.40. The van der Waals surface area contributed by atoms with Crippen LogP contribution in [-0.2, 0) is 6.42 Å². The minimum atomic E-state index is 0.538. The molecule has 2 heterocycles. The van der Waals surface area contributed by atoms with Crippen LogP contribution in [0.5, 0.6) is 5.75 Å². The molecular formula is C16H15N3O. The lowest BCUT2D eigenvalue weighted by Crippen LogP contribution is -2.01. The van der Waals surface area contributed by atoms with Gasteiger partial charge in [-0.05, 0) is 29.3 Å². The second kappa shape index (κ2) is 5.17. The van der Waals surface area contributed by atoms with E-state index in [0.29, 0.717) is 12.2 Å². The van der Waals surface area contributed by atoms with Crippen molar-refractivity contribution in [2.75, 3.05) is 12.8 Å². The number of rotatable bonds is 3. The monoisotopic (exact) mass is 265 g/mol. The van der Waals surface area contributed by atoms with Crippen LogP contribution in [0.2, 0.25) is 0 Å². The van der Waals surface area contributed by atoms with Crippen molar-refractivity contribution < 1.29 is 4.74 Å². The van der Waals surface area contributed by atoms with Crippen molar-refractivity contribution in [1.82, 2.24) is 9.97 Å². The first-order chi connectivity index (χ1) is 9.78. The molecule has 0 saturated carbocycles. The summed E-state index contributed by atoms with van der Waals surface area (Å²) in [7, 11) is 1.67. The van der Waals surface area contributed by atoms with Gasteiger partial charge in [0.05, 0.1) is 18.8 Å². The quantitative estimate of drug-likeness (QED) is 0.791. The number of nitrogens with zero attached hydrogens (tertiary/aromatic N) is 2. The zero-order chi connectivity index (χ0) is 13.9. The Balaban J connectivity index is 2.04. The van der Waals surface area contributed by atoms with Crippen molar-refractivity contribution in [1.29, 1.82) is 0 Å². The van der Waals surface area contributed by atoms with Crippen LogP contribution in [0.3, 0.4) is 0 Å². The summed E-state index contributed by atoms with van der Waals surface area (Å²) in [6.45, 7) is 0. The number of fused-ring (bicyclic) bond motifs is 1. The number of hydrogen-bond donors (Lipinski definition) is 1. The summed E-state index contributed by atoms with van der Waals surface area (Å²) in [5, 5.41) is 1.04. The summed E-state index contributed by atoms with van der Waals surface area (Å²) in [4.78, 5) is 8.46. The molecule has 1 aromatic carbocycles. The van der Waals surface area contributed by atoms with Gasteiger partial charge in [0.25, 0.3) is 0 Å². The van der Waals surface area contributed by atoms with Crippen LogP contribution in [0.1, 0.15) is 11.1 Å². The van der Waals surface area contributed by atoms with Gasteiger partial charge in [0, 0.05) is 18.0 Å². The molecule has 0 saturated heterocycles. The normalized spacial score (nSPS) is 10.7. The Hall–Kier alpha value is -2.62. The lowest BCUT2D eigenvalue weighted by molar-refractivity contribution is 0.410. The average molecular weight is 265 g/mol. The molecule has 0 aliphatic carbocycles. The molecule has 2 N–H and O–H groups in total. The number of nitrogen functional groups attached to an aromatic ring is 1. The maximum Gasteiger partial charge on any atom is 0.127 e. The Morgan fingerprint density at radius 2 is 2.00 bits per heavy atom. The highest BCUT2D eigenvalue weighted by atomic mass is 16.5. The Kier molecular flexibility index (Phi) is 3.21. The van der Waals surface area contributed by atoms with Crippen LogP contribution in [-0.4, -0.2) is 17.1 Å². The molecule has 0 unspecified atom stereocenters. The second-order valence-corrected chi connectivity index (χ2v) is 4.59. The van der Waals surface area contributed by atoms with Gasteiger partial charge in [-0.1, -0.05) is 18.2 Å². The smallest absolute Gasteiger partial charge is 0.127 e. The van der Waals surface area contributed by atoms with Crippen molar-refractivity contribution in [3.05, 3.63) is 59.9 Å². The van der Waals surface area contributed by atoms with E-state index in [4.69, 9.17) is 10.5 Å². The molecule has 3 aromatic rings. The third-order valence-corrected chi connectivity index (χ3v) is 3.31. The number of nitrogens with two attached hydrogens (primary N) is 1. The van der Waals surface area contributed by atoms with Crippen LogP contribution in [0, 0.1) is 0 Å². The zero-order valence-corrected chi connectivity index (χ0v) is 11.2. The summed E-state index contributed by atoms with van der Waals surface area (Å²) in [6.07, 6.45) is 4.17. The highest BCUT2D eigenvalue weighted by molar-refractivity contribution is 5.80. The predicted molar refractivity (Wildman–Crippen MR) is 79.8 cm³/mol. The SMILES string of the molecule is COc1ccccc1Cc1cc2ccncc2nc1N. The topological polar surface area (TPSA) is 61.0 Å². The number of para-hydroxylation sites is 1. The lowest BCUT2D eigenvalue weighted by atomic mass is 10.0. The number of ether oxygens (including phenoxy) is 1. The first-order valence-electron chi connectivity index (χ1n) is 6.39. The molecule has 0 atom stereocenters. The highest BCUT2D eigenvalue weighted by Gasteiger charge is 2.08. The first-order valence-corrected chi connectivity index (χ1v) is 6.39. The summed E-state index contributed by atoms with van der Waals surface area (Å²) >= 11 is 0. The number of aromatic nitrogens is 2. The van der Waals surface area contributed by atoms with Gasteiger partial charge in [0.2, 0.25) is 0 Å². The number of pyridine rings is 2. The Bertz CT molecular complexity index is 756. The van der Waals surface area contributed by atoms with Crippen molar-refractivity contribution in [3.63, 3.8) is 0 Å². The molecule has 4 heteroatoms. The predicted octanol–water partition coefficient (Wildman–Crippen LogP) is 2.81. The second-order valence-electron chi connectivity index (χ2n) is 4.59. The van der Waals surface area contributed by atoms with E-state index in [2.05, 4.69) is 16.0 Å². The first kappa shape index (κ1) is 12.4. The fraction of sp³-hybridized carbons (Fsp3) is 0.125. The van der Waals surface area contributed by atoms with Gasteiger partial charge >= 0.3 is 0 Å². The van der Waals surface area contributed by atoms with E-state index in [0.717, 1.165) is 27.8 Å². The van der Waals surface area contributed by atoms with Crippen LogP contribution in [0.15, 0.2) is 48.8 Å². The molecule has 0 amide bonds. The summed E-state index contributed by atoms with van der Waals surface area (Å²) in [5.41, 5.74) is 8.95. The van der Waals surface area contributed by atoms with E-state index in [1.54, 1.807) is 19.5 Å². The van der Waals surface area contributed by atoms with E-state index in [1.165, 1.54) is 0 Å². The van der Waals surface area contributed by atoms with E-state index in [1.807, 2.05) is 30.3 Å². The standard InChI is InChI=1S/C16H15N3O/c1-20-15-5-3-2-4-12(15)9-13-8-11-6-7-18-10-14(11)19-16(13)17/h2-8,10H,9H2,1H3,(H2,17,19). The minimum absolute atomic E-state index is 0.538.